The van der Waals surface area contributed by atoms with E-state index in [0.717, 1.165) is 25.0 Å². The fraction of sp³-hybridized carbons (Fsp3) is 0.353. The molecule has 0 bridgehead atoms. The number of carbonyl (C=O) groups is 1. The number of phenols is 3. The Morgan fingerprint density at radius 1 is 1.04 bits per heavy atom. The van der Waals surface area contributed by atoms with Crippen LogP contribution in [0.25, 0.3) is 0 Å². The van der Waals surface area contributed by atoms with Crippen LogP contribution in [0.15, 0.2) is 35.4 Å². The molecule has 0 saturated heterocycles. The predicted octanol–water partition coefficient (Wildman–Crippen LogP) is 3.17. The first-order valence-electron chi connectivity index (χ1n) is 7.07. The lowest BCUT2D eigenvalue weighted by molar-refractivity contribution is 0.0696. The van der Waals surface area contributed by atoms with E-state index in [1.165, 1.54) is 11.1 Å². The van der Waals surface area contributed by atoms with Crippen molar-refractivity contribution in [1.82, 2.24) is 0 Å². The summed E-state index contributed by atoms with van der Waals surface area (Å²) in [6, 6.07) is 1.69. The average molecular weight is 324 g/mol. The zero-order valence-electron chi connectivity index (χ0n) is 13.6. The lowest BCUT2D eigenvalue weighted by atomic mass is 10.1. The van der Waals surface area contributed by atoms with Crippen molar-refractivity contribution < 1.29 is 30.3 Å². The van der Waals surface area contributed by atoms with Crippen LogP contribution in [0.5, 0.6) is 17.2 Å². The molecule has 128 valence electrons. The Labute approximate surface area is 135 Å². The molecular formula is C17H24O6. The number of phenolic OH excluding ortho intramolecular Hbond substituents is 3. The SMILES string of the molecule is CC(C)=CCC/C(C)=C/CO.O=C(O)c1cc(O)c(O)c(O)c1. The Hall–Kier alpha value is -2.47. The number of hydrogen-bond donors (Lipinski definition) is 5. The van der Waals surface area contributed by atoms with Crippen molar-refractivity contribution in [2.75, 3.05) is 6.61 Å². The van der Waals surface area contributed by atoms with Crippen LogP contribution in [-0.2, 0) is 0 Å². The van der Waals surface area contributed by atoms with Crippen LogP contribution in [0.1, 0.15) is 44.0 Å². The highest BCUT2D eigenvalue weighted by atomic mass is 16.4. The van der Waals surface area contributed by atoms with Crippen molar-refractivity contribution in [3.63, 3.8) is 0 Å². The van der Waals surface area contributed by atoms with E-state index in [-0.39, 0.29) is 12.2 Å². The molecule has 0 fully saturated rings. The van der Waals surface area contributed by atoms with E-state index in [9.17, 15) is 4.79 Å². The molecule has 0 saturated carbocycles. The van der Waals surface area contributed by atoms with E-state index in [4.69, 9.17) is 25.5 Å². The summed E-state index contributed by atoms with van der Waals surface area (Å²) in [5, 5.41) is 43.5. The van der Waals surface area contributed by atoms with Crippen molar-refractivity contribution in [2.45, 2.75) is 33.6 Å². The highest BCUT2D eigenvalue weighted by Crippen LogP contribution is 2.35. The largest absolute Gasteiger partial charge is 0.504 e. The number of carboxylic acids is 1. The van der Waals surface area contributed by atoms with E-state index < -0.39 is 23.2 Å². The smallest absolute Gasteiger partial charge is 0.335 e. The standard InChI is InChI=1S/C10H18O.C7H6O5/c1-9(2)5-4-6-10(3)7-8-11;8-4-1-3(7(11)12)2-5(9)6(4)10/h5,7,11H,4,6,8H2,1-3H3;1-2,8-10H,(H,11,12)/b10-7+;. The number of aliphatic hydroxyl groups is 1. The van der Waals surface area contributed by atoms with Gasteiger partial charge in [0.1, 0.15) is 0 Å². The van der Waals surface area contributed by atoms with E-state index in [0.29, 0.717) is 0 Å². The molecule has 0 atom stereocenters. The molecule has 0 aromatic heterocycles. The van der Waals surface area contributed by atoms with E-state index in [2.05, 4.69) is 26.8 Å². The minimum atomic E-state index is -1.29. The van der Waals surface area contributed by atoms with Gasteiger partial charge < -0.3 is 25.5 Å². The summed E-state index contributed by atoms with van der Waals surface area (Å²) in [5.74, 6) is -3.33. The topological polar surface area (TPSA) is 118 Å². The molecule has 23 heavy (non-hydrogen) atoms. The van der Waals surface area contributed by atoms with Crippen LogP contribution in [0.4, 0.5) is 0 Å². The van der Waals surface area contributed by atoms with Gasteiger partial charge in [0.05, 0.1) is 12.2 Å². The molecule has 0 aliphatic heterocycles. The lowest BCUT2D eigenvalue weighted by Gasteiger charge is -2.01. The molecule has 0 aliphatic rings. The summed E-state index contributed by atoms with van der Waals surface area (Å²) in [4.78, 5) is 10.3. The van der Waals surface area contributed by atoms with Crippen LogP contribution < -0.4 is 0 Å². The number of aliphatic hydroxyl groups excluding tert-OH is 1. The monoisotopic (exact) mass is 324 g/mol. The molecule has 0 radical (unpaired) electrons. The van der Waals surface area contributed by atoms with Gasteiger partial charge in [-0.3, -0.25) is 0 Å². The summed E-state index contributed by atoms with van der Waals surface area (Å²) in [7, 11) is 0. The zero-order chi connectivity index (χ0) is 18.0. The minimum Gasteiger partial charge on any atom is -0.504 e. The summed E-state index contributed by atoms with van der Waals surface area (Å²) in [5.41, 5.74) is 2.34. The molecule has 6 nitrogen and oxygen atoms in total. The number of hydrogen-bond acceptors (Lipinski definition) is 5. The van der Waals surface area contributed by atoms with Gasteiger partial charge in [-0.05, 0) is 45.7 Å². The van der Waals surface area contributed by atoms with Gasteiger partial charge in [0, 0.05) is 0 Å². The molecule has 0 heterocycles. The molecule has 6 heteroatoms. The first-order valence-corrected chi connectivity index (χ1v) is 7.07. The normalized spacial score (nSPS) is 10.5. The molecule has 1 aromatic carbocycles. The second-order valence-corrected chi connectivity index (χ2v) is 5.22. The number of benzene rings is 1. The van der Waals surface area contributed by atoms with E-state index >= 15 is 0 Å². The first-order chi connectivity index (χ1) is 10.7. The second kappa shape index (κ2) is 10.3. The Bertz CT molecular complexity index is 560. The number of allylic oxidation sites excluding steroid dienone is 3. The third-order valence-corrected chi connectivity index (χ3v) is 2.85. The Balaban J connectivity index is 0.000000423. The highest BCUT2D eigenvalue weighted by molar-refractivity contribution is 5.89. The molecule has 5 N–H and O–H groups in total. The lowest BCUT2D eigenvalue weighted by Crippen LogP contribution is -1.95. The van der Waals surface area contributed by atoms with Gasteiger partial charge in [-0.2, -0.15) is 0 Å². The fourth-order valence-corrected chi connectivity index (χ4v) is 1.57. The van der Waals surface area contributed by atoms with Crippen LogP contribution in [0.2, 0.25) is 0 Å². The Morgan fingerprint density at radius 2 is 1.57 bits per heavy atom. The van der Waals surface area contributed by atoms with Crippen molar-refractivity contribution in [3.05, 3.63) is 41.0 Å². The van der Waals surface area contributed by atoms with Crippen molar-refractivity contribution >= 4 is 5.97 Å². The van der Waals surface area contributed by atoms with Gasteiger partial charge in [-0.1, -0.05) is 23.3 Å². The fourth-order valence-electron chi connectivity index (χ4n) is 1.57. The zero-order valence-corrected chi connectivity index (χ0v) is 13.6. The summed E-state index contributed by atoms with van der Waals surface area (Å²) >= 11 is 0. The number of rotatable bonds is 5. The Morgan fingerprint density at radius 3 is 1.96 bits per heavy atom. The van der Waals surface area contributed by atoms with Crippen molar-refractivity contribution in [1.29, 1.82) is 0 Å². The number of carboxylic acid groups (broad SMARTS) is 1. The average Bonchev–Trinajstić information content (AvgIpc) is 2.44. The summed E-state index contributed by atoms with van der Waals surface area (Å²) in [6.07, 6.45) is 6.23. The van der Waals surface area contributed by atoms with E-state index in [1.54, 1.807) is 0 Å². The van der Waals surface area contributed by atoms with Gasteiger partial charge >= 0.3 is 5.97 Å². The molecular weight excluding hydrogens is 300 g/mol. The van der Waals surface area contributed by atoms with Gasteiger partial charge in [-0.25, -0.2) is 4.79 Å². The predicted molar refractivity (Wildman–Crippen MR) is 87.9 cm³/mol. The quantitative estimate of drug-likeness (QED) is 0.419. The van der Waals surface area contributed by atoms with Gasteiger partial charge in [0.15, 0.2) is 17.2 Å². The number of aromatic hydroxyl groups is 3. The van der Waals surface area contributed by atoms with Crippen LogP contribution in [0.3, 0.4) is 0 Å². The minimum absolute atomic E-state index is 0.167. The maximum Gasteiger partial charge on any atom is 0.335 e. The van der Waals surface area contributed by atoms with Crippen LogP contribution in [0, 0.1) is 0 Å². The molecule has 0 amide bonds. The van der Waals surface area contributed by atoms with Crippen molar-refractivity contribution in [2.24, 2.45) is 0 Å². The highest BCUT2D eigenvalue weighted by Gasteiger charge is 2.11. The molecule has 0 unspecified atom stereocenters. The molecule has 1 aromatic rings. The van der Waals surface area contributed by atoms with Crippen molar-refractivity contribution in [3.8, 4) is 17.2 Å². The maximum atomic E-state index is 10.3. The van der Waals surface area contributed by atoms with Gasteiger partial charge in [0.25, 0.3) is 0 Å². The molecule has 0 spiro atoms. The second-order valence-electron chi connectivity index (χ2n) is 5.22. The van der Waals surface area contributed by atoms with Gasteiger partial charge in [0.2, 0.25) is 0 Å². The Kier molecular flexibility index (Phi) is 9.18. The third-order valence-electron chi connectivity index (χ3n) is 2.85. The third kappa shape index (κ3) is 8.53. The summed E-state index contributed by atoms with van der Waals surface area (Å²) in [6.45, 7) is 6.42. The van der Waals surface area contributed by atoms with Crippen LogP contribution in [-0.4, -0.2) is 38.1 Å². The first kappa shape index (κ1) is 20.5. The summed E-state index contributed by atoms with van der Waals surface area (Å²) < 4.78 is 0. The molecule has 0 aliphatic carbocycles. The van der Waals surface area contributed by atoms with E-state index in [1.807, 2.05) is 6.08 Å². The molecule has 1 rings (SSSR count). The van der Waals surface area contributed by atoms with Gasteiger partial charge in [-0.15, -0.1) is 0 Å². The maximum absolute atomic E-state index is 10.3. The number of aromatic carboxylic acids is 1. The van der Waals surface area contributed by atoms with Crippen LogP contribution >= 0.6 is 0 Å².